The van der Waals surface area contributed by atoms with Crippen molar-refractivity contribution in [1.29, 1.82) is 0 Å². The molecule has 0 aliphatic rings. The van der Waals surface area contributed by atoms with Crippen LogP contribution in [0.15, 0.2) is 6.07 Å². The fourth-order valence-corrected chi connectivity index (χ4v) is 1.71. The average molecular weight is 319 g/mol. The Morgan fingerprint density at radius 1 is 1.36 bits per heavy atom. The molecule has 1 amide bonds. The number of aliphatic carboxylic acids is 1. The molecule has 0 unspecified atom stereocenters. The summed E-state index contributed by atoms with van der Waals surface area (Å²) in [4.78, 5) is 29.3. The number of unbranched alkanes of at least 4 members (excludes halogenated alkanes) is 1. The van der Waals surface area contributed by atoms with Crippen molar-refractivity contribution >= 4 is 11.9 Å². The Bertz CT molecular complexity index is 561. The van der Waals surface area contributed by atoms with Gasteiger partial charge in [-0.2, -0.15) is 13.2 Å². The molecule has 1 rings (SSSR count). The van der Waals surface area contributed by atoms with E-state index in [0.29, 0.717) is 6.42 Å². The van der Waals surface area contributed by atoms with E-state index in [0.717, 1.165) is 12.5 Å². The molecular weight excluding hydrogens is 303 g/mol. The quantitative estimate of drug-likeness (QED) is 0.838. The fourth-order valence-electron chi connectivity index (χ4n) is 1.71. The molecule has 1 aromatic heterocycles. The smallest absolute Gasteiger partial charge is 0.451 e. The number of aromatic nitrogens is 2. The van der Waals surface area contributed by atoms with Crippen molar-refractivity contribution in [2.45, 2.75) is 45.3 Å². The summed E-state index contributed by atoms with van der Waals surface area (Å²) in [6, 6.07) is -0.0967. The Balaban J connectivity index is 2.97. The molecule has 122 valence electrons. The summed E-state index contributed by atoms with van der Waals surface area (Å²) in [5.74, 6) is -3.65. The first-order chi connectivity index (χ1) is 10.1. The minimum atomic E-state index is -4.78. The summed E-state index contributed by atoms with van der Waals surface area (Å²) in [5.41, 5.74) is -0.546. The van der Waals surface area contributed by atoms with Gasteiger partial charge >= 0.3 is 12.1 Å². The third-order valence-corrected chi connectivity index (χ3v) is 2.79. The normalized spacial score (nSPS) is 12.8. The number of alkyl halides is 3. The van der Waals surface area contributed by atoms with Crippen LogP contribution in [0.5, 0.6) is 0 Å². The number of nitrogens with one attached hydrogen (secondary N) is 1. The summed E-state index contributed by atoms with van der Waals surface area (Å²) < 4.78 is 37.9. The monoisotopic (exact) mass is 319 g/mol. The molecule has 2 N–H and O–H groups in total. The number of amides is 1. The first kappa shape index (κ1) is 17.9. The molecule has 0 saturated heterocycles. The van der Waals surface area contributed by atoms with Gasteiger partial charge in [0.25, 0.3) is 5.91 Å². The summed E-state index contributed by atoms with van der Waals surface area (Å²) in [7, 11) is 0. The third-order valence-electron chi connectivity index (χ3n) is 2.79. The highest BCUT2D eigenvalue weighted by molar-refractivity contribution is 5.95. The van der Waals surface area contributed by atoms with E-state index in [2.05, 4.69) is 15.3 Å². The standard InChI is InChI=1S/C13H16F3N3O3/c1-3-4-5-8(11(21)22)18-10(20)9-6-7(2)17-12(19-9)13(14,15)16/h6,8H,3-5H2,1-2H3,(H,18,20)(H,21,22)/t8-/m0/s1. The summed E-state index contributed by atoms with van der Waals surface area (Å²) in [6.07, 6.45) is -3.30. The van der Waals surface area contributed by atoms with E-state index in [-0.39, 0.29) is 12.1 Å². The Morgan fingerprint density at radius 3 is 2.50 bits per heavy atom. The van der Waals surface area contributed by atoms with Crippen molar-refractivity contribution in [1.82, 2.24) is 15.3 Å². The SMILES string of the molecule is CCCC[C@H](NC(=O)c1cc(C)nc(C(F)(F)F)n1)C(=O)O. The molecule has 0 bridgehead atoms. The minimum Gasteiger partial charge on any atom is -0.480 e. The van der Waals surface area contributed by atoms with Gasteiger partial charge < -0.3 is 10.4 Å². The van der Waals surface area contributed by atoms with Gasteiger partial charge in [-0.1, -0.05) is 19.8 Å². The lowest BCUT2D eigenvalue weighted by molar-refractivity contribution is -0.145. The van der Waals surface area contributed by atoms with Gasteiger partial charge in [0, 0.05) is 5.69 Å². The maximum absolute atomic E-state index is 12.6. The molecule has 22 heavy (non-hydrogen) atoms. The topological polar surface area (TPSA) is 92.2 Å². The third kappa shape index (κ3) is 4.97. The van der Waals surface area contributed by atoms with Crippen LogP contribution in [0.1, 0.15) is 48.2 Å². The maximum atomic E-state index is 12.6. The number of rotatable bonds is 6. The zero-order chi connectivity index (χ0) is 16.9. The zero-order valence-electron chi connectivity index (χ0n) is 12.1. The lowest BCUT2D eigenvalue weighted by Crippen LogP contribution is -2.41. The highest BCUT2D eigenvalue weighted by Crippen LogP contribution is 2.26. The predicted molar refractivity (Wildman–Crippen MR) is 70.2 cm³/mol. The zero-order valence-corrected chi connectivity index (χ0v) is 12.1. The van der Waals surface area contributed by atoms with Crippen molar-refractivity contribution in [3.8, 4) is 0 Å². The average Bonchev–Trinajstić information content (AvgIpc) is 2.41. The van der Waals surface area contributed by atoms with Gasteiger partial charge in [-0.25, -0.2) is 14.8 Å². The van der Waals surface area contributed by atoms with Gasteiger partial charge in [0.2, 0.25) is 5.82 Å². The molecule has 0 spiro atoms. The van der Waals surface area contributed by atoms with Crippen LogP contribution in [0, 0.1) is 6.92 Å². The summed E-state index contributed by atoms with van der Waals surface area (Å²) in [6.45, 7) is 3.14. The number of hydrogen-bond acceptors (Lipinski definition) is 4. The molecule has 9 heteroatoms. The van der Waals surface area contributed by atoms with Gasteiger partial charge in [-0.3, -0.25) is 4.79 Å². The molecule has 0 aliphatic heterocycles. The van der Waals surface area contributed by atoms with Crippen LogP contribution in [0.25, 0.3) is 0 Å². The van der Waals surface area contributed by atoms with E-state index in [1.165, 1.54) is 6.92 Å². The maximum Gasteiger partial charge on any atom is 0.451 e. The number of carbonyl (C=O) groups is 2. The van der Waals surface area contributed by atoms with Crippen molar-refractivity contribution in [3.05, 3.63) is 23.3 Å². The number of aryl methyl sites for hydroxylation is 1. The predicted octanol–water partition coefficient (Wildman–Crippen LogP) is 2.18. The van der Waals surface area contributed by atoms with E-state index in [1.54, 1.807) is 0 Å². The molecule has 0 fully saturated rings. The number of carbonyl (C=O) groups excluding carboxylic acids is 1. The van der Waals surface area contributed by atoms with E-state index in [9.17, 15) is 22.8 Å². The van der Waals surface area contributed by atoms with Crippen molar-refractivity contribution in [2.24, 2.45) is 0 Å². The van der Waals surface area contributed by atoms with E-state index >= 15 is 0 Å². The molecule has 0 aromatic carbocycles. The molecule has 1 atom stereocenters. The Labute approximate surface area is 124 Å². The van der Waals surface area contributed by atoms with Gasteiger partial charge in [0.1, 0.15) is 11.7 Å². The van der Waals surface area contributed by atoms with E-state index < -0.39 is 35.6 Å². The van der Waals surface area contributed by atoms with Crippen LogP contribution < -0.4 is 5.32 Å². The second-order valence-corrected chi connectivity index (χ2v) is 4.72. The van der Waals surface area contributed by atoms with Gasteiger partial charge in [0.05, 0.1) is 0 Å². The first-order valence-corrected chi connectivity index (χ1v) is 6.61. The van der Waals surface area contributed by atoms with Crippen LogP contribution >= 0.6 is 0 Å². The van der Waals surface area contributed by atoms with Gasteiger partial charge in [-0.05, 0) is 19.4 Å². The van der Waals surface area contributed by atoms with Crippen LogP contribution in [0.3, 0.4) is 0 Å². The van der Waals surface area contributed by atoms with E-state index in [1.807, 2.05) is 6.92 Å². The number of hydrogen-bond donors (Lipinski definition) is 2. The summed E-state index contributed by atoms with van der Waals surface area (Å²) in [5, 5.41) is 11.2. The van der Waals surface area contributed by atoms with Crippen molar-refractivity contribution in [2.75, 3.05) is 0 Å². The lowest BCUT2D eigenvalue weighted by Gasteiger charge is -2.14. The Kier molecular flexibility index (Phi) is 5.84. The highest BCUT2D eigenvalue weighted by atomic mass is 19.4. The van der Waals surface area contributed by atoms with Gasteiger partial charge in [0.15, 0.2) is 0 Å². The number of halogens is 3. The number of carboxylic acids is 1. The molecular formula is C13H16F3N3O3. The molecule has 1 heterocycles. The van der Waals surface area contributed by atoms with Crippen molar-refractivity contribution in [3.63, 3.8) is 0 Å². The second kappa shape index (κ2) is 7.19. The fraction of sp³-hybridized carbons (Fsp3) is 0.538. The molecule has 6 nitrogen and oxygen atoms in total. The number of nitrogens with zero attached hydrogens (tertiary/aromatic N) is 2. The Morgan fingerprint density at radius 2 is 2.00 bits per heavy atom. The van der Waals surface area contributed by atoms with Crippen LogP contribution in [-0.4, -0.2) is 33.0 Å². The lowest BCUT2D eigenvalue weighted by atomic mass is 10.1. The molecule has 0 aliphatic carbocycles. The van der Waals surface area contributed by atoms with Crippen molar-refractivity contribution < 1.29 is 27.9 Å². The second-order valence-electron chi connectivity index (χ2n) is 4.72. The summed E-state index contributed by atoms with van der Waals surface area (Å²) >= 11 is 0. The van der Waals surface area contributed by atoms with Crippen LogP contribution in [0.2, 0.25) is 0 Å². The largest absolute Gasteiger partial charge is 0.480 e. The first-order valence-electron chi connectivity index (χ1n) is 6.61. The van der Waals surface area contributed by atoms with Crippen LogP contribution in [-0.2, 0) is 11.0 Å². The molecule has 1 aromatic rings. The minimum absolute atomic E-state index is 0.0343. The van der Waals surface area contributed by atoms with Gasteiger partial charge in [-0.15, -0.1) is 0 Å². The molecule has 0 radical (unpaired) electrons. The Hall–Kier alpha value is -2.19. The molecule has 0 saturated carbocycles. The van der Waals surface area contributed by atoms with E-state index in [4.69, 9.17) is 5.11 Å². The van der Waals surface area contributed by atoms with Crippen LogP contribution in [0.4, 0.5) is 13.2 Å². The highest BCUT2D eigenvalue weighted by Gasteiger charge is 2.35. The number of carboxylic acid groups (broad SMARTS) is 1.